The zero-order valence-electron chi connectivity index (χ0n) is 10.8. The van der Waals surface area contributed by atoms with Crippen LogP contribution in [0.4, 0.5) is 11.4 Å². The van der Waals surface area contributed by atoms with Crippen molar-refractivity contribution in [2.24, 2.45) is 4.99 Å². The topological polar surface area (TPSA) is 71.3 Å². The van der Waals surface area contributed by atoms with Gasteiger partial charge < -0.3 is 4.98 Å². The highest BCUT2D eigenvalue weighted by Gasteiger charge is 2.12. The van der Waals surface area contributed by atoms with E-state index in [9.17, 15) is 10.1 Å². The van der Waals surface area contributed by atoms with Gasteiger partial charge in [-0.1, -0.05) is 29.8 Å². The van der Waals surface area contributed by atoms with Gasteiger partial charge in [-0.25, -0.2) is 0 Å². The van der Waals surface area contributed by atoms with E-state index >= 15 is 0 Å². The standard InChI is InChI=1S/C15H10ClN3O2/c16-13-6-5-11(7-15(13)19(20)21)17-8-10-9-18-14-4-2-1-3-12(10)14/h1-9,18H. The molecular weight excluding hydrogens is 290 g/mol. The van der Waals surface area contributed by atoms with Gasteiger partial charge in [0, 0.05) is 34.9 Å². The molecule has 21 heavy (non-hydrogen) atoms. The lowest BCUT2D eigenvalue weighted by molar-refractivity contribution is -0.384. The molecular formula is C15H10ClN3O2. The quantitative estimate of drug-likeness (QED) is 0.440. The fourth-order valence-electron chi connectivity index (χ4n) is 2.07. The second-order valence-corrected chi connectivity index (χ2v) is 4.85. The number of para-hydroxylation sites is 1. The SMILES string of the molecule is O=[N+]([O-])c1cc(N=Cc2c[nH]c3ccccc23)ccc1Cl. The summed E-state index contributed by atoms with van der Waals surface area (Å²) >= 11 is 5.77. The Morgan fingerprint density at radius 1 is 1.24 bits per heavy atom. The predicted octanol–water partition coefficient (Wildman–Crippen LogP) is 4.48. The van der Waals surface area contributed by atoms with Crippen LogP contribution in [-0.4, -0.2) is 16.1 Å². The molecule has 6 heteroatoms. The normalized spacial score (nSPS) is 11.3. The third kappa shape index (κ3) is 2.64. The van der Waals surface area contributed by atoms with Crippen molar-refractivity contribution in [1.29, 1.82) is 0 Å². The average molecular weight is 300 g/mol. The molecule has 0 aliphatic heterocycles. The fourth-order valence-corrected chi connectivity index (χ4v) is 2.25. The molecule has 0 fully saturated rings. The van der Waals surface area contributed by atoms with Crippen LogP contribution in [0.25, 0.3) is 10.9 Å². The zero-order chi connectivity index (χ0) is 14.8. The molecule has 5 nitrogen and oxygen atoms in total. The first-order valence-electron chi connectivity index (χ1n) is 6.19. The van der Waals surface area contributed by atoms with E-state index in [1.807, 2.05) is 30.5 Å². The van der Waals surface area contributed by atoms with Gasteiger partial charge in [0.1, 0.15) is 5.02 Å². The first-order valence-corrected chi connectivity index (χ1v) is 6.57. The van der Waals surface area contributed by atoms with Gasteiger partial charge in [-0.3, -0.25) is 15.1 Å². The number of aromatic nitrogens is 1. The Bertz CT molecular complexity index is 855. The Kier molecular flexibility index (Phi) is 3.41. The van der Waals surface area contributed by atoms with Crippen LogP contribution in [0.15, 0.2) is 53.7 Å². The Morgan fingerprint density at radius 2 is 2.05 bits per heavy atom. The smallest absolute Gasteiger partial charge is 0.290 e. The molecule has 2 aromatic carbocycles. The van der Waals surface area contributed by atoms with Crippen LogP contribution in [0.1, 0.15) is 5.56 Å². The minimum atomic E-state index is -0.521. The summed E-state index contributed by atoms with van der Waals surface area (Å²) in [5.74, 6) is 0. The third-order valence-electron chi connectivity index (χ3n) is 3.10. The largest absolute Gasteiger partial charge is 0.361 e. The first kappa shape index (κ1) is 13.3. The molecule has 0 unspecified atom stereocenters. The Hall–Kier alpha value is -2.66. The van der Waals surface area contributed by atoms with Gasteiger partial charge >= 0.3 is 0 Å². The minimum absolute atomic E-state index is 0.103. The molecule has 1 N–H and O–H groups in total. The molecule has 0 radical (unpaired) electrons. The number of benzene rings is 2. The predicted molar refractivity (Wildman–Crippen MR) is 83.7 cm³/mol. The number of nitro benzene ring substituents is 1. The molecule has 0 bridgehead atoms. The highest BCUT2D eigenvalue weighted by atomic mass is 35.5. The van der Waals surface area contributed by atoms with E-state index in [2.05, 4.69) is 9.98 Å². The molecule has 3 aromatic rings. The van der Waals surface area contributed by atoms with Crippen molar-refractivity contribution in [3.05, 3.63) is 69.4 Å². The molecule has 0 amide bonds. The molecule has 0 saturated carbocycles. The van der Waals surface area contributed by atoms with Crippen LogP contribution in [0.5, 0.6) is 0 Å². The van der Waals surface area contributed by atoms with Gasteiger partial charge in [0.15, 0.2) is 0 Å². The Morgan fingerprint density at radius 3 is 2.86 bits per heavy atom. The third-order valence-corrected chi connectivity index (χ3v) is 3.42. The van der Waals surface area contributed by atoms with E-state index in [0.29, 0.717) is 5.69 Å². The molecule has 0 aliphatic carbocycles. The van der Waals surface area contributed by atoms with E-state index in [1.165, 1.54) is 12.1 Å². The molecule has 0 aliphatic rings. The molecule has 3 rings (SSSR count). The number of nitrogens with one attached hydrogen (secondary N) is 1. The second kappa shape index (κ2) is 5.38. The number of aliphatic imine (C=N–C) groups is 1. The lowest BCUT2D eigenvalue weighted by Crippen LogP contribution is -1.88. The van der Waals surface area contributed by atoms with Gasteiger partial charge in [-0.05, 0) is 18.2 Å². The van der Waals surface area contributed by atoms with Crippen molar-refractivity contribution in [3.63, 3.8) is 0 Å². The molecule has 0 spiro atoms. The molecule has 104 valence electrons. The van der Waals surface area contributed by atoms with Crippen molar-refractivity contribution in [3.8, 4) is 0 Å². The van der Waals surface area contributed by atoms with E-state index in [-0.39, 0.29) is 10.7 Å². The molecule has 0 saturated heterocycles. The number of halogens is 1. The summed E-state index contributed by atoms with van der Waals surface area (Å²) in [6, 6.07) is 12.3. The molecule has 0 atom stereocenters. The summed E-state index contributed by atoms with van der Waals surface area (Å²) in [6.45, 7) is 0. The van der Waals surface area contributed by atoms with E-state index < -0.39 is 4.92 Å². The lowest BCUT2D eigenvalue weighted by Gasteiger charge is -1.97. The van der Waals surface area contributed by atoms with Gasteiger partial charge in [0.05, 0.1) is 10.6 Å². The van der Waals surface area contributed by atoms with Crippen LogP contribution in [0, 0.1) is 10.1 Å². The van der Waals surface area contributed by atoms with Crippen LogP contribution in [0.3, 0.4) is 0 Å². The van der Waals surface area contributed by atoms with E-state index in [0.717, 1.165) is 16.5 Å². The number of H-pyrrole nitrogens is 1. The van der Waals surface area contributed by atoms with Gasteiger partial charge in [0.2, 0.25) is 0 Å². The van der Waals surface area contributed by atoms with Gasteiger partial charge in [-0.2, -0.15) is 0 Å². The summed E-state index contributed by atoms with van der Waals surface area (Å²) in [5, 5.41) is 12.0. The van der Waals surface area contributed by atoms with Crippen LogP contribution in [0.2, 0.25) is 5.02 Å². The number of rotatable bonds is 3. The summed E-state index contributed by atoms with van der Waals surface area (Å²) < 4.78 is 0. The van der Waals surface area contributed by atoms with E-state index in [4.69, 9.17) is 11.6 Å². The maximum Gasteiger partial charge on any atom is 0.290 e. The molecule has 1 heterocycles. The van der Waals surface area contributed by atoms with Crippen molar-refractivity contribution in [2.75, 3.05) is 0 Å². The van der Waals surface area contributed by atoms with Crippen molar-refractivity contribution in [2.45, 2.75) is 0 Å². The average Bonchev–Trinajstić information content (AvgIpc) is 2.89. The monoisotopic (exact) mass is 299 g/mol. The van der Waals surface area contributed by atoms with Crippen molar-refractivity contribution in [1.82, 2.24) is 4.98 Å². The summed E-state index contributed by atoms with van der Waals surface area (Å²) in [4.78, 5) is 17.7. The lowest BCUT2D eigenvalue weighted by atomic mass is 10.2. The maximum absolute atomic E-state index is 10.8. The molecule has 1 aromatic heterocycles. The van der Waals surface area contributed by atoms with Crippen molar-refractivity contribution >= 4 is 40.1 Å². The summed E-state index contributed by atoms with van der Waals surface area (Å²) in [5.41, 5.74) is 2.27. The number of hydrogen-bond donors (Lipinski definition) is 1. The van der Waals surface area contributed by atoms with Crippen LogP contribution < -0.4 is 0 Å². The highest BCUT2D eigenvalue weighted by Crippen LogP contribution is 2.28. The highest BCUT2D eigenvalue weighted by molar-refractivity contribution is 6.32. The van der Waals surface area contributed by atoms with Crippen LogP contribution >= 0.6 is 11.6 Å². The number of nitro groups is 1. The van der Waals surface area contributed by atoms with E-state index in [1.54, 1.807) is 12.3 Å². The Labute approximate surface area is 125 Å². The van der Waals surface area contributed by atoms with Crippen molar-refractivity contribution < 1.29 is 4.92 Å². The van der Waals surface area contributed by atoms with Gasteiger partial charge in [-0.15, -0.1) is 0 Å². The fraction of sp³-hybridized carbons (Fsp3) is 0. The first-order chi connectivity index (χ1) is 10.1. The minimum Gasteiger partial charge on any atom is -0.361 e. The van der Waals surface area contributed by atoms with Gasteiger partial charge in [0.25, 0.3) is 5.69 Å². The second-order valence-electron chi connectivity index (χ2n) is 4.44. The summed E-state index contributed by atoms with van der Waals surface area (Å²) in [7, 11) is 0. The maximum atomic E-state index is 10.8. The number of aromatic amines is 1. The van der Waals surface area contributed by atoms with Crippen LogP contribution in [-0.2, 0) is 0 Å². The number of fused-ring (bicyclic) bond motifs is 1. The Balaban J connectivity index is 1.96. The number of hydrogen-bond acceptors (Lipinski definition) is 3. The summed E-state index contributed by atoms with van der Waals surface area (Å²) in [6.07, 6.45) is 3.52. The zero-order valence-corrected chi connectivity index (χ0v) is 11.5. The number of nitrogens with zero attached hydrogens (tertiary/aromatic N) is 2.